The second kappa shape index (κ2) is 15.9. The van der Waals surface area contributed by atoms with Crippen molar-refractivity contribution >= 4 is 77.0 Å². The Hall–Kier alpha value is -4.40. The van der Waals surface area contributed by atoms with Gasteiger partial charge in [0.2, 0.25) is 0 Å². The van der Waals surface area contributed by atoms with Gasteiger partial charge in [-0.2, -0.15) is 0 Å². The van der Waals surface area contributed by atoms with Crippen LogP contribution in [0.25, 0.3) is 0 Å². The molecule has 49 heavy (non-hydrogen) atoms. The summed E-state index contributed by atoms with van der Waals surface area (Å²) in [6.45, 7) is 4.76. The molecule has 7 heteroatoms. The highest BCUT2D eigenvalue weighted by Crippen LogP contribution is 2.30. The van der Waals surface area contributed by atoms with Gasteiger partial charge in [-0.1, -0.05) is 124 Å². The van der Waals surface area contributed by atoms with Crippen molar-refractivity contribution in [2.45, 2.75) is 50.1 Å². The maximum atomic E-state index is 11.7. The monoisotopic (exact) mass is 710 g/mol. The molecule has 0 radical (unpaired) electrons. The zero-order chi connectivity index (χ0) is 34.3. The second-order valence-electron chi connectivity index (χ2n) is 11.7. The molecule has 0 fully saturated rings. The molecule has 0 N–H and O–H groups in total. The Morgan fingerprint density at radius 1 is 0.327 bits per heavy atom. The summed E-state index contributed by atoms with van der Waals surface area (Å²) in [5, 5.41) is 3.99. The van der Waals surface area contributed by atoms with Gasteiger partial charge in [0.15, 0.2) is 17.3 Å². The van der Waals surface area contributed by atoms with Gasteiger partial charge in [-0.15, -0.1) is 0 Å². The van der Waals surface area contributed by atoms with Gasteiger partial charge >= 0.3 is 0 Å². The average molecular weight is 711 g/mol. The molecule has 3 nitrogen and oxygen atoms in total. The molecule has 0 amide bonds. The Morgan fingerprint density at radius 3 is 0.694 bits per heavy atom. The summed E-state index contributed by atoms with van der Waals surface area (Å²) < 4.78 is 0. The number of carbonyl (C=O) groups is 3. The van der Waals surface area contributed by atoms with Crippen molar-refractivity contribution in [2.75, 3.05) is 0 Å². The summed E-state index contributed by atoms with van der Waals surface area (Å²) in [6.07, 6.45) is 0. The number of ketones is 3. The van der Waals surface area contributed by atoms with Gasteiger partial charge in [0, 0.05) is 46.1 Å². The first-order valence-electron chi connectivity index (χ1n) is 15.9. The number of Topliss-reactive ketones (excluding diaryl/α,β-unsaturated/α-hetero) is 3. The third-order valence-corrected chi connectivity index (χ3v) is 14.3. The van der Waals surface area contributed by atoms with Crippen LogP contribution in [0.2, 0.25) is 0 Å². The van der Waals surface area contributed by atoms with Crippen LogP contribution in [0.1, 0.15) is 51.8 Å². The molecule has 6 rings (SSSR count). The normalized spacial score (nSPS) is 11.0. The van der Waals surface area contributed by atoms with E-state index in [1.807, 2.05) is 72.8 Å². The molecular weight excluding hydrogens is 677 g/mol. The lowest BCUT2D eigenvalue weighted by Crippen LogP contribution is -2.51. The van der Waals surface area contributed by atoms with Gasteiger partial charge in [0.05, 0.1) is 0 Å². The smallest absolute Gasteiger partial charge is 0.159 e. The van der Waals surface area contributed by atoms with Crippen molar-refractivity contribution in [1.82, 2.24) is 0 Å². The fraction of sp³-hybridized carbons (Fsp3) is 0.0714. The molecule has 0 saturated carbocycles. The lowest BCUT2D eigenvalue weighted by molar-refractivity contribution is 0.100. The average Bonchev–Trinajstić information content (AvgIpc) is 3.11. The fourth-order valence-electron chi connectivity index (χ4n) is 5.44. The van der Waals surface area contributed by atoms with Crippen LogP contribution >= 0.6 is 35.3 Å². The third-order valence-electron chi connectivity index (χ3n) is 8.13. The quantitative estimate of drug-likeness (QED) is 0.0718. The Bertz CT molecular complexity index is 1830. The summed E-state index contributed by atoms with van der Waals surface area (Å²) >= 11 is 5.08. The number of hydrogen-bond acceptors (Lipinski definition) is 6. The first-order chi connectivity index (χ1) is 23.7. The molecule has 0 atom stereocenters. The van der Waals surface area contributed by atoms with Gasteiger partial charge in [-0.25, -0.2) is 0 Å². The van der Waals surface area contributed by atoms with Gasteiger partial charge in [0.25, 0.3) is 0 Å². The summed E-state index contributed by atoms with van der Waals surface area (Å²) in [5.41, 5.74) is 2.16. The van der Waals surface area contributed by atoms with E-state index in [9.17, 15) is 14.4 Å². The topological polar surface area (TPSA) is 51.2 Å². The van der Waals surface area contributed by atoms with E-state index >= 15 is 0 Å². The van der Waals surface area contributed by atoms with E-state index in [1.54, 1.807) is 56.1 Å². The highest BCUT2D eigenvalue weighted by molar-refractivity contribution is 7.99. The van der Waals surface area contributed by atoms with E-state index in [0.717, 1.165) is 46.1 Å². The van der Waals surface area contributed by atoms with Gasteiger partial charge in [-0.3, -0.25) is 14.4 Å². The summed E-state index contributed by atoms with van der Waals surface area (Å²) in [6, 6.07) is 50.1. The standard InChI is InChI=1S/C42H34O3S3Si/c1-28(43)31-4-10-34(11-5-31)46-37-16-22-40(23-17-37)49(41-24-18-38(19-25-41)47-35-12-6-32(7-13-35)29(2)44)42-26-20-39(21-27-42)48-36-14-8-33(9-15-36)30(3)45/h4-27,49H,1-3H3. The Kier molecular flexibility index (Phi) is 11.2. The molecule has 0 saturated heterocycles. The van der Waals surface area contributed by atoms with Crippen molar-refractivity contribution < 1.29 is 14.4 Å². The minimum atomic E-state index is -1.82. The summed E-state index contributed by atoms with van der Waals surface area (Å²) in [7, 11) is -1.82. The second-order valence-corrected chi connectivity index (χ2v) is 18.0. The molecule has 0 unspecified atom stereocenters. The molecule has 0 bridgehead atoms. The maximum absolute atomic E-state index is 11.7. The predicted octanol–water partition coefficient (Wildman–Crippen LogP) is 9.00. The number of carbonyl (C=O) groups excluding carboxylic acids is 3. The van der Waals surface area contributed by atoms with Crippen LogP contribution in [0.4, 0.5) is 0 Å². The molecule has 242 valence electrons. The molecule has 0 aliphatic heterocycles. The fourth-order valence-corrected chi connectivity index (χ4v) is 10.8. The molecule has 0 aromatic heterocycles. The zero-order valence-corrected chi connectivity index (χ0v) is 31.0. The van der Waals surface area contributed by atoms with Crippen molar-refractivity contribution in [1.29, 1.82) is 0 Å². The third kappa shape index (κ3) is 8.99. The van der Waals surface area contributed by atoms with Crippen molar-refractivity contribution in [3.63, 3.8) is 0 Å². The Balaban J connectivity index is 1.25. The number of benzene rings is 6. The Labute approximate surface area is 302 Å². The highest BCUT2D eigenvalue weighted by atomic mass is 32.2. The van der Waals surface area contributed by atoms with Crippen molar-refractivity contribution in [2.24, 2.45) is 0 Å². The first-order valence-corrected chi connectivity index (χ1v) is 20.1. The van der Waals surface area contributed by atoms with E-state index in [-0.39, 0.29) is 17.3 Å². The minimum absolute atomic E-state index is 0.0711. The van der Waals surface area contributed by atoms with Gasteiger partial charge < -0.3 is 0 Å². The molecule has 0 aliphatic carbocycles. The summed E-state index contributed by atoms with van der Waals surface area (Å²) in [5.74, 6) is 0.213. The van der Waals surface area contributed by atoms with Gasteiger partial charge in [0.1, 0.15) is 8.80 Å². The van der Waals surface area contributed by atoms with Gasteiger partial charge in [-0.05, 0) is 93.6 Å². The predicted molar refractivity (Wildman–Crippen MR) is 207 cm³/mol. The number of rotatable bonds is 12. The Morgan fingerprint density at radius 2 is 0.510 bits per heavy atom. The molecule has 6 aromatic carbocycles. The lowest BCUT2D eigenvalue weighted by Gasteiger charge is -2.19. The highest BCUT2D eigenvalue weighted by Gasteiger charge is 2.20. The molecule has 0 heterocycles. The number of hydrogen-bond donors (Lipinski definition) is 0. The van der Waals surface area contributed by atoms with Crippen molar-refractivity contribution in [3.8, 4) is 0 Å². The van der Waals surface area contributed by atoms with Crippen LogP contribution < -0.4 is 15.6 Å². The van der Waals surface area contributed by atoms with E-state index < -0.39 is 8.80 Å². The van der Waals surface area contributed by atoms with Crippen molar-refractivity contribution in [3.05, 3.63) is 162 Å². The van der Waals surface area contributed by atoms with E-state index in [0.29, 0.717) is 0 Å². The first kappa shape index (κ1) is 34.5. The molecule has 6 aromatic rings. The van der Waals surface area contributed by atoms with E-state index in [2.05, 4.69) is 72.8 Å². The molecule has 0 spiro atoms. The van der Waals surface area contributed by atoms with E-state index in [4.69, 9.17) is 0 Å². The largest absolute Gasteiger partial charge is 0.295 e. The SMILES string of the molecule is CC(=O)c1ccc(Sc2ccc([SiH](c3ccc(Sc4ccc(C(C)=O)cc4)cc3)c3ccc(Sc4ccc(C(C)=O)cc4)cc3)cc2)cc1. The van der Waals surface area contributed by atoms with Crippen LogP contribution in [-0.2, 0) is 0 Å². The molecular formula is C42H34O3S3Si. The van der Waals surface area contributed by atoms with Crippen LogP contribution in [0.15, 0.2) is 175 Å². The summed E-state index contributed by atoms with van der Waals surface area (Å²) in [4.78, 5) is 41.8. The maximum Gasteiger partial charge on any atom is 0.159 e. The molecule has 0 aliphatic rings. The zero-order valence-electron chi connectivity index (χ0n) is 27.4. The van der Waals surface area contributed by atoms with E-state index in [1.165, 1.54) is 15.6 Å². The van der Waals surface area contributed by atoms with Crippen LogP contribution in [0, 0.1) is 0 Å². The van der Waals surface area contributed by atoms with Crippen LogP contribution in [-0.4, -0.2) is 26.1 Å². The minimum Gasteiger partial charge on any atom is -0.295 e. The van der Waals surface area contributed by atoms with Crippen LogP contribution in [0.5, 0.6) is 0 Å². The van der Waals surface area contributed by atoms with Crippen LogP contribution in [0.3, 0.4) is 0 Å². The lowest BCUT2D eigenvalue weighted by atomic mass is 10.2.